The van der Waals surface area contributed by atoms with E-state index in [0.29, 0.717) is 66.9 Å². The van der Waals surface area contributed by atoms with Crippen molar-refractivity contribution >= 4 is 22.8 Å². The van der Waals surface area contributed by atoms with Gasteiger partial charge in [-0.15, -0.1) is 0 Å². The number of fused-ring (bicyclic) bond motifs is 1. The lowest BCUT2D eigenvalue weighted by atomic mass is 9.86. The number of imidazole rings is 1. The Kier molecular flexibility index (Phi) is 8.76. The number of rotatable bonds is 10. The second-order valence-corrected chi connectivity index (χ2v) is 10.9. The summed E-state index contributed by atoms with van der Waals surface area (Å²) >= 11 is 0. The predicted octanol–water partition coefficient (Wildman–Crippen LogP) is 5.36. The number of benzene rings is 2. The molecule has 2 N–H and O–H groups in total. The first kappa shape index (κ1) is 28.3. The molecule has 222 valence electrons. The number of alkyl halides is 2. The van der Waals surface area contributed by atoms with Crippen molar-refractivity contribution in [2.24, 2.45) is 5.92 Å². The van der Waals surface area contributed by atoms with Crippen LogP contribution in [0.3, 0.4) is 0 Å². The summed E-state index contributed by atoms with van der Waals surface area (Å²) in [6.45, 7) is 4.10. The van der Waals surface area contributed by atoms with Gasteiger partial charge in [0.1, 0.15) is 17.4 Å². The standard InChI is InChI=1S/C31H37F2N7O2/c1-41-24-12-8-22(9-13-24)19-34-23-10-6-21(7-11-23)20-35-31-37-27(39-14-16-42-17-15-39)18-28(38-31)40-26-5-3-2-4-25(26)36-30(40)29(32)33/h2-5,8-9,12-13,18,21,23,29,34H,6-7,10-11,14-17,19-20H2,1H3,(H,35,37,38). The highest BCUT2D eigenvalue weighted by Gasteiger charge is 2.24. The van der Waals surface area contributed by atoms with Gasteiger partial charge in [0.2, 0.25) is 5.95 Å². The van der Waals surface area contributed by atoms with E-state index in [4.69, 9.17) is 19.4 Å². The van der Waals surface area contributed by atoms with Crippen molar-refractivity contribution in [1.82, 2.24) is 24.8 Å². The minimum absolute atomic E-state index is 0.325. The Morgan fingerprint density at radius 3 is 2.43 bits per heavy atom. The molecule has 2 fully saturated rings. The molecule has 2 aromatic heterocycles. The lowest BCUT2D eigenvalue weighted by Crippen LogP contribution is -2.37. The van der Waals surface area contributed by atoms with E-state index in [9.17, 15) is 8.78 Å². The van der Waals surface area contributed by atoms with Gasteiger partial charge in [0, 0.05) is 38.3 Å². The van der Waals surface area contributed by atoms with E-state index in [2.05, 4.69) is 32.7 Å². The van der Waals surface area contributed by atoms with Gasteiger partial charge in [-0.1, -0.05) is 24.3 Å². The molecule has 9 nitrogen and oxygen atoms in total. The molecule has 0 radical (unpaired) electrons. The number of hydrogen-bond donors (Lipinski definition) is 2. The lowest BCUT2D eigenvalue weighted by molar-refractivity contribution is 0.122. The highest BCUT2D eigenvalue weighted by atomic mass is 19.3. The summed E-state index contributed by atoms with van der Waals surface area (Å²) in [5.74, 6) is 2.53. The maximum Gasteiger partial charge on any atom is 0.296 e. The van der Waals surface area contributed by atoms with E-state index in [1.54, 1.807) is 31.4 Å². The maximum absolute atomic E-state index is 14.1. The van der Waals surface area contributed by atoms with Gasteiger partial charge in [0.25, 0.3) is 6.43 Å². The second kappa shape index (κ2) is 13.0. The van der Waals surface area contributed by atoms with Gasteiger partial charge in [-0.25, -0.2) is 13.8 Å². The molecule has 2 aliphatic rings. The third kappa shape index (κ3) is 6.47. The van der Waals surface area contributed by atoms with Gasteiger partial charge in [0.05, 0.1) is 31.4 Å². The molecule has 3 heterocycles. The van der Waals surface area contributed by atoms with Crippen LogP contribution in [0, 0.1) is 5.92 Å². The minimum atomic E-state index is -2.75. The first-order valence-corrected chi connectivity index (χ1v) is 14.7. The number of anilines is 2. The third-order valence-corrected chi connectivity index (χ3v) is 8.19. The molecular weight excluding hydrogens is 540 g/mol. The molecule has 1 aliphatic carbocycles. The van der Waals surface area contributed by atoms with Gasteiger partial charge in [-0.2, -0.15) is 9.97 Å². The van der Waals surface area contributed by atoms with Crippen LogP contribution in [0.1, 0.15) is 43.5 Å². The van der Waals surface area contributed by atoms with Crippen molar-refractivity contribution in [2.45, 2.75) is 44.7 Å². The van der Waals surface area contributed by atoms with Crippen LogP contribution in [-0.4, -0.2) is 65.5 Å². The summed E-state index contributed by atoms with van der Waals surface area (Å²) in [4.78, 5) is 15.9. The van der Waals surface area contributed by atoms with Crippen LogP contribution in [0.15, 0.2) is 54.6 Å². The molecule has 6 rings (SSSR count). The molecule has 2 aromatic carbocycles. The zero-order chi connectivity index (χ0) is 28.9. The van der Waals surface area contributed by atoms with Gasteiger partial charge in [-0.05, 0) is 61.4 Å². The summed E-state index contributed by atoms with van der Waals surface area (Å²) in [6, 6.07) is 17.6. The van der Waals surface area contributed by atoms with Crippen LogP contribution < -0.4 is 20.3 Å². The molecule has 1 saturated heterocycles. The van der Waals surface area contributed by atoms with E-state index >= 15 is 0 Å². The minimum Gasteiger partial charge on any atom is -0.497 e. The average Bonchev–Trinajstić information content (AvgIpc) is 3.44. The number of ether oxygens (including phenoxy) is 2. The summed E-state index contributed by atoms with van der Waals surface area (Å²) in [6.07, 6.45) is 1.63. The number of halogens is 2. The monoisotopic (exact) mass is 577 g/mol. The van der Waals surface area contributed by atoms with Crippen LogP contribution >= 0.6 is 0 Å². The molecule has 11 heteroatoms. The normalized spacial score (nSPS) is 19.4. The SMILES string of the molecule is COc1ccc(CNC2CCC(CNc3nc(N4CCOCC4)cc(-n4c(C(F)F)nc5ccccc54)n3)CC2)cc1. The second-order valence-electron chi connectivity index (χ2n) is 10.9. The molecule has 0 atom stereocenters. The average molecular weight is 578 g/mol. The Hall–Kier alpha value is -3.83. The van der Waals surface area contributed by atoms with Gasteiger partial charge in [-0.3, -0.25) is 4.57 Å². The van der Waals surface area contributed by atoms with Crippen molar-refractivity contribution in [1.29, 1.82) is 0 Å². The Labute approximate surface area is 244 Å². The number of morpholine rings is 1. The van der Waals surface area contributed by atoms with Gasteiger partial charge in [0.15, 0.2) is 5.82 Å². The number of nitrogens with zero attached hydrogens (tertiary/aromatic N) is 5. The third-order valence-electron chi connectivity index (χ3n) is 8.19. The number of para-hydroxylation sites is 2. The van der Waals surface area contributed by atoms with Crippen LogP contribution in [0.25, 0.3) is 16.9 Å². The van der Waals surface area contributed by atoms with E-state index in [1.807, 2.05) is 18.2 Å². The largest absolute Gasteiger partial charge is 0.497 e. The zero-order valence-corrected chi connectivity index (χ0v) is 23.8. The number of aromatic nitrogens is 4. The highest BCUT2D eigenvalue weighted by molar-refractivity contribution is 5.78. The molecule has 1 aliphatic heterocycles. The Morgan fingerprint density at radius 1 is 0.952 bits per heavy atom. The fraction of sp³-hybridized carbons (Fsp3) is 0.452. The molecule has 0 spiro atoms. The molecule has 42 heavy (non-hydrogen) atoms. The summed E-state index contributed by atoms with van der Waals surface area (Å²) in [7, 11) is 1.68. The first-order valence-electron chi connectivity index (χ1n) is 14.7. The van der Waals surface area contributed by atoms with Crippen LogP contribution in [0.2, 0.25) is 0 Å². The van der Waals surface area contributed by atoms with Crippen molar-refractivity contribution in [2.75, 3.05) is 50.2 Å². The summed E-state index contributed by atoms with van der Waals surface area (Å²) in [5, 5.41) is 7.14. The van der Waals surface area contributed by atoms with E-state index < -0.39 is 6.43 Å². The van der Waals surface area contributed by atoms with E-state index in [0.717, 1.165) is 44.5 Å². The smallest absolute Gasteiger partial charge is 0.296 e. The quantitative estimate of drug-likeness (QED) is 0.261. The summed E-state index contributed by atoms with van der Waals surface area (Å²) in [5.41, 5.74) is 2.34. The van der Waals surface area contributed by atoms with Crippen LogP contribution in [-0.2, 0) is 11.3 Å². The van der Waals surface area contributed by atoms with Gasteiger partial charge < -0.3 is 25.0 Å². The Bertz CT molecular complexity index is 1470. The number of hydrogen-bond acceptors (Lipinski definition) is 8. The predicted molar refractivity (Wildman–Crippen MR) is 159 cm³/mol. The number of nitrogens with one attached hydrogen (secondary N) is 2. The van der Waals surface area contributed by atoms with Crippen molar-refractivity contribution in [3.8, 4) is 11.6 Å². The first-order chi connectivity index (χ1) is 20.6. The van der Waals surface area contributed by atoms with Crippen molar-refractivity contribution in [3.05, 3.63) is 66.0 Å². The Balaban J connectivity index is 1.15. The topological polar surface area (TPSA) is 89.4 Å². The van der Waals surface area contributed by atoms with Crippen LogP contribution in [0.4, 0.5) is 20.5 Å². The molecule has 4 aromatic rings. The van der Waals surface area contributed by atoms with Crippen molar-refractivity contribution < 1.29 is 18.3 Å². The lowest BCUT2D eigenvalue weighted by Gasteiger charge is -2.30. The summed E-state index contributed by atoms with van der Waals surface area (Å²) < 4.78 is 40.5. The molecule has 0 amide bonds. The molecule has 1 saturated carbocycles. The number of methoxy groups -OCH3 is 1. The fourth-order valence-corrected chi connectivity index (χ4v) is 5.81. The molecular formula is C31H37F2N7O2. The van der Waals surface area contributed by atoms with E-state index in [-0.39, 0.29) is 5.82 Å². The zero-order valence-electron chi connectivity index (χ0n) is 23.8. The molecule has 0 bridgehead atoms. The van der Waals surface area contributed by atoms with Crippen LogP contribution in [0.5, 0.6) is 5.75 Å². The molecule has 0 unspecified atom stereocenters. The van der Waals surface area contributed by atoms with E-state index in [1.165, 1.54) is 10.1 Å². The van der Waals surface area contributed by atoms with Crippen molar-refractivity contribution in [3.63, 3.8) is 0 Å². The maximum atomic E-state index is 14.1. The highest BCUT2D eigenvalue weighted by Crippen LogP contribution is 2.30. The Morgan fingerprint density at radius 2 is 1.69 bits per heavy atom. The fourth-order valence-electron chi connectivity index (χ4n) is 5.81. The van der Waals surface area contributed by atoms with Gasteiger partial charge >= 0.3 is 0 Å².